The Bertz CT molecular complexity index is 514. The van der Waals surface area contributed by atoms with Crippen LogP contribution < -0.4 is 0 Å². The SMILES string of the molecule is CN(CCCCC(O)(P(=O)(O)O)P(=O)(O)O)C(=O)N(CCCl)N=O. The number of nitroso groups, excluding NO2 is 1. The fourth-order valence-corrected chi connectivity index (χ4v) is 4.13. The van der Waals surface area contributed by atoms with Crippen molar-refractivity contribution in [2.75, 3.05) is 26.0 Å². The molecule has 0 bridgehead atoms. The third kappa shape index (κ3) is 6.05. The van der Waals surface area contributed by atoms with E-state index in [4.69, 9.17) is 31.2 Å². The number of unbranched alkanes of at least 4 members (excludes halogenated alkanes) is 1. The van der Waals surface area contributed by atoms with Gasteiger partial charge in [-0.15, -0.1) is 16.5 Å². The maximum Gasteiger partial charge on any atom is 0.369 e. The van der Waals surface area contributed by atoms with Gasteiger partial charge >= 0.3 is 21.2 Å². The summed E-state index contributed by atoms with van der Waals surface area (Å²) < 4.78 is 22.3. The molecule has 5 N–H and O–H groups in total. The Morgan fingerprint density at radius 3 is 2.00 bits per heavy atom. The van der Waals surface area contributed by atoms with E-state index in [2.05, 4.69) is 5.29 Å². The van der Waals surface area contributed by atoms with E-state index in [-0.39, 0.29) is 31.8 Å². The van der Waals surface area contributed by atoms with Crippen molar-refractivity contribution in [2.45, 2.75) is 24.3 Å². The second-order valence-electron chi connectivity index (χ2n) is 4.92. The summed E-state index contributed by atoms with van der Waals surface area (Å²) in [6.07, 6.45) is -1.02. The summed E-state index contributed by atoms with van der Waals surface area (Å²) in [5.74, 6) is -0.0110. The largest absolute Gasteiger partial charge is 0.369 e. The fraction of sp³-hybridized carbons (Fsp3) is 0.889. The summed E-state index contributed by atoms with van der Waals surface area (Å²) in [6, 6.07) is -0.758. The van der Waals surface area contributed by atoms with Crippen LogP contribution in [0.5, 0.6) is 0 Å². The third-order valence-electron chi connectivity index (χ3n) is 3.13. The van der Waals surface area contributed by atoms with Crippen LogP contribution in [0.15, 0.2) is 5.29 Å². The molecule has 24 heavy (non-hydrogen) atoms. The molecule has 0 aliphatic rings. The predicted octanol–water partition coefficient (Wildman–Crippen LogP) is 0.432. The molecule has 0 spiro atoms. The van der Waals surface area contributed by atoms with Crippen LogP contribution in [0.25, 0.3) is 0 Å². The molecule has 0 aromatic rings. The summed E-state index contributed by atoms with van der Waals surface area (Å²) >= 11 is 5.40. The number of carbonyl (C=O) groups excluding carboxylic acids is 1. The second-order valence-corrected chi connectivity index (χ2v) is 9.30. The van der Waals surface area contributed by atoms with Crippen molar-refractivity contribution in [1.82, 2.24) is 9.91 Å². The van der Waals surface area contributed by atoms with E-state index in [1.165, 1.54) is 7.05 Å². The molecule has 0 saturated heterocycles. The van der Waals surface area contributed by atoms with Crippen LogP contribution in [0, 0.1) is 4.91 Å². The zero-order valence-electron chi connectivity index (χ0n) is 12.7. The zero-order valence-corrected chi connectivity index (χ0v) is 15.3. The topological polar surface area (TPSA) is 188 Å². The standard InChI is InChI=1S/C9H20ClN3O9P2/c1-12(8(14)13(11-16)7-5-10)6-3-2-4-9(15,23(17,18)19)24(20,21)22/h15H,2-7H2,1H3,(H2,17,18,19)(H2,20,21,22). The maximum absolute atomic E-state index is 11.8. The Balaban J connectivity index is 4.66. The lowest BCUT2D eigenvalue weighted by Gasteiger charge is -2.29. The van der Waals surface area contributed by atoms with Gasteiger partial charge in [-0.25, -0.2) is 4.79 Å². The Hall–Kier alpha value is -0.580. The summed E-state index contributed by atoms with van der Waals surface area (Å²) in [7, 11) is -9.65. The first-order valence-corrected chi connectivity index (χ1v) is 10.3. The van der Waals surface area contributed by atoms with Crippen molar-refractivity contribution < 1.29 is 38.6 Å². The molecule has 0 saturated carbocycles. The molecule has 0 atom stereocenters. The van der Waals surface area contributed by atoms with E-state index >= 15 is 0 Å². The molecule has 15 heteroatoms. The minimum atomic E-state index is -5.49. The smallest absolute Gasteiger partial charge is 0.368 e. The van der Waals surface area contributed by atoms with Gasteiger partial charge in [-0.2, -0.15) is 5.01 Å². The summed E-state index contributed by atoms with van der Waals surface area (Å²) in [4.78, 5) is 59.2. The molecule has 2 amide bonds. The highest BCUT2D eigenvalue weighted by Gasteiger charge is 2.58. The first kappa shape index (κ1) is 23.4. The van der Waals surface area contributed by atoms with Gasteiger partial charge in [0.2, 0.25) is 0 Å². The van der Waals surface area contributed by atoms with E-state index in [9.17, 15) is 23.9 Å². The van der Waals surface area contributed by atoms with Crippen LogP contribution in [0.1, 0.15) is 19.3 Å². The number of amides is 2. The first-order chi connectivity index (χ1) is 10.8. The predicted molar refractivity (Wildman–Crippen MR) is 84.1 cm³/mol. The Kier molecular flexibility index (Phi) is 8.99. The van der Waals surface area contributed by atoms with Crippen molar-refractivity contribution in [3.05, 3.63) is 4.91 Å². The minimum Gasteiger partial charge on any atom is -0.368 e. The van der Waals surface area contributed by atoms with Gasteiger partial charge in [-0.05, 0) is 19.3 Å². The number of rotatable bonds is 10. The molecule has 142 valence electrons. The van der Waals surface area contributed by atoms with E-state index < -0.39 is 32.7 Å². The van der Waals surface area contributed by atoms with Gasteiger partial charge < -0.3 is 29.6 Å². The molecule has 0 aliphatic heterocycles. The van der Waals surface area contributed by atoms with Crippen molar-refractivity contribution in [2.24, 2.45) is 5.29 Å². The van der Waals surface area contributed by atoms with Crippen molar-refractivity contribution >= 4 is 32.8 Å². The van der Waals surface area contributed by atoms with E-state index in [0.29, 0.717) is 5.01 Å². The average molecular weight is 412 g/mol. The van der Waals surface area contributed by atoms with E-state index in [0.717, 1.165) is 4.90 Å². The van der Waals surface area contributed by atoms with Gasteiger partial charge in [0, 0.05) is 19.5 Å². The third-order valence-corrected chi connectivity index (χ3v) is 7.18. The van der Waals surface area contributed by atoms with Crippen molar-refractivity contribution in [3.63, 3.8) is 0 Å². The number of hydrogen-bond donors (Lipinski definition) is 5. The molecule has 12 nitrogen and oxygen atoms in total. The van der Waals surface area contributed by atoms with Crippen LogP contribution in [0.3, 0.4) is 0 Å². The number of alkyl halides is 1. The number of nitrogens with zero attached hydrogens (tertiary/aromatic N) is 3. The average Bonchev–Trinajstić information content (AvgIpc) is 2.45. The highest BCUT2D eigenvalue weighted by molar-refractivity contribution is 7.72. The van der Waals surface area contributed by atoms with Crippen molar-refractivity contribution in [3.8, 4) is 0 Å². The number of aliphatic hydroxyl groups is 1. The highest BCUT2D eigenvalue weighted by atomic mass is 35.5. The number of carbonyl (C=O) groups is 1. The lowest BCUT2D eigenvalue weighted by atomic mass is 10.2. The quantitative estimate of drug-likeness (QED) is 0.112. The molecule has 0 aromatic heterocycles. The van der Waals surface area contributed by atoms with Gasteiger partial charge in [0.1, 0.15) is 0 Å². The molecule has 0 aliphatic carbocycles. The summed E-state index contributed by atoms with van der Waals surface area (Å²) in [5, 5.41) is 9.26. The van der Waals surface area contributed by atoms with Crippen LogP contribution in [0.4, 0.5) is 4.79 Å². The molecular weight excluding hydrogens is 392 g/mol. The van der Waals surface area contributed by atoms with Gasteiger partial charge in [0.15, 0.2) is 0 Å². The summed E-state index contributed by atoms with van der Waals surface area (Å²) in [6.45, 7) is -0.115. The maximum atomic E-state index is 11.8. The monoisotopic (exact) mass is 411 g/mol. The van der Waals surface area contributed by atoms with Crippen LogP contribution in [-0.4, -0.2) is 71.7 Å². The molecular formula is C9H20ClN3O9P2. The van der Waals surface area contributed by atoms with Crippen LogP contribution >= 0.6 is 26.8 Å². The Morgan fingerprint density at radius 1 is 1.12 bits per heavy atom. The van der Waals surface area contributed by atoms with Crippen LogP contribution in [0.2, 0.25) is 0 Å². The van der Waals surface area contributed by atoms with E-state index in [1.807, 2.05) is 0 Å². The minimum absolute atomic E-state index is 0.00840. The lowest BCUT2D eigenvalue weighted by Crippen LogP contribution is -2.39. The molecule has 0 unspecified atom stereocenters. The highest BCUT2D eigenvalue weighted by Crippen LogP contribution is 2.69. The van der Waals surface area contributed by atoms with Crippen molar-refractivity contribution in [1.29, 1.82) is 0 Å². The molecule has 0 rings (SSSR count). The first-order valence-electron chi connectivity index (χ1n) is 6.57. The molecule has 0 radical (unpaired) electrons. The van der Waals surface area contributed by atoms with Gasteiger partial charge in [-0.1, -0.05) is 0 Å². The number of halogens is 1. The van der Waals surface area contributed by atoms with Gasteiger partial charge in [0.05, 0.1) is 11.8 Å². The number of urea groups is 1. The lowest BCUT2D eigenvalue weighted by molar-refractivity contribution is 0.119. The summed E-state index contributed by atoms with van der Waals surface area (Å²) in [5.41, 5.74) is 0. The zero-order chi connectivity index (χ0) is 19.2. The van der Waals surface area contributed by atoms with Gasteiger partial charge in [0.25, 0.3) is 5.08 Å². The Morgan fingerprint density at radius 2 is 1.62 bits per heavy atom. The second kappa shape index (κ2) is 9.21. The molecule has 0 heterocycles. The van der Waals surface area contributed by atoms with Crippen LogP contribution in [-0.2, 0) is 9.13 Å². The normalized spacial score (nSPS) is 12.8. The molecule has 0 aromatic carbocycles. The Labute approximate surface area is 142 Å². The fourth-order valence-electron chi connectivity index (χ4n) is 1.72. The molecule has 0 fully saturated rings. The number of hydrogen-bond acceptors (Lipinski definition) is 6. The van der Waals surface area contributed by atoms with Gasteiger partial charge in [-0.3, -0.25) is 9.13 Å². The van der Waals surface area contributed by atoms with E-state index in [1.54, 1.807) is 0 Å².